The van der Waals surface area contributed by atoms with Crippen molar-refractivity contribution >= 4 is 39.0 Å². The van der Waals surface area contributed by atoms with Crippen LogP contribution in [0.3, 0.4) is 0 Å². The summed E-state index contributed by atoms with van der Waals surface area (Å²) in [5.41, 5.74) is 20.1. The first-order valence-electron chi connectivity index (χ1n) is 21.8. The molecule has 11 rings (SSSR count). The van der Waals surface area contributed by atoms with E-state index in [1.807, 2.05) is 0 Å². The number of nitrogens with zero attached hydrogens (tertiary/aromatic N) is 1. The number of benzene rings is 9. The zero-order chi connectivity index (χ0) is 41.6. The van der Waals surface area contributed by atoms with E-state index in [1.54, 1.807) is 0 Å². The number of hydrogen-bond donors (Lipinski definition) is 0. The van der Waals surface area contributed by atoms with Crippen molar-refractivity contribution in [2.75, 3.05) is 4.90 Å². The number of allylic oxidation sites excluding steroid dienone is 4. The van der Waals surface area contributed by atoms with Crippen molar-refractivity contribution in [2.24, 2.45) is 5.92 Å². The van der Waals surface area contributed by atoms with E-state index < -0.39 is 0 Å². The Morgan fingerprint density at radius 1 is 0.371 bits per heavy atom. The van der Waals surface area contributed by atoms with Gasteiger partial charge in [0.15, 0.2) is 0 Å². The van der Waals surface area contributed by atoms with E-state index in [9.17, 15) is 0 Å². The Morgan fingerprint density at radius 2 is 0.790 bits per heavy atom. The predicted octanol–water partition coefficient (Wildman–Crippen LogP) is 16.8. The highest BCUT2D eigenvalue weighted by Crippen LogP contribution is 2.56. The molecule has 0 heterocycles. The fraction of sp³-hybridized carbons (Fsp3) is 0.0820. The van der Waals surface area contributed by atoms with Crippen LogP contribution in [0.25, 0.3) is 66.4 Å². The number of hydrogen-bond acceptors (Lipinski definition) is 1. The molecule has 0 saturated carbocycles. The molecule has 0 aliphatic heterocycles. The summed E-state index contributed by atoms with van der Waals surface area (Å²) in [6.45, 7) is 4.90. The van der Waals surface area contributed by atoms with Crippen LogP contribution >= 0.6 is 0 Å². The van der Waals surface area contributed by atoms with Crippen molar-refractivity contribution in [2.45, 2.75) is 25.7 Å². The molecule has 1 atom stereocenters. The maximum Gasteiger partial charge on any atom is 0.0464 e. The van der Waals surface area contributed by atoms with E-state index in [0.717, 1.165) is 17.8 Å². The molecular weight excluding hydrogens is 747 g/mol. The molecule has 0 saturated heterocycles. The van der Waals surface area contributed by atoms with Crippen LogP contribution in [0.4, 0.5) is 17.1 Å². The Kier molecular flexibility index (Phi) is 9.39. The summed E-state index contributed by atoms with van der Waals surface area (Å²) in [5.74, 6) is 0.396. The first-order chi connectivity index (χ1) is 30.5. The normalized spacial score (nSPS) is 15.0. The van der Waals surface area contributed by atoms with E-state index in [4.69, 9.17) is 0 Å². The molecule has 296 valence electrons. The quantitative estimate of drug-likeness (QED) is 0.148. The van der Waals surface area contributed by atoms with Crippen LogP contribution in [-0.4, -0.2) is 0 Å². The van der Waals surface area contributed by atoms with Crippen LogP contribution in [0.15, 0.2) is 231 Å². The van der Waals surface area contributed by atoms with Crippen LogP contribution in [0, 0.1) is 5.92 Å². The molecule has 2 aliphatic rings. The molecule has 1 unspecified atom stereocenters. The highest BCUT2D eigenvalue weighted by molar-refractivity contribution is 5.91. The Labute approximate surface area is 365 Å². The summed E-state index contributed by atoms with van der Waals surface area (Å²) >= 11 is 0. The van der Waals surface area contributed by atoms with E-state index in [2.05, 4.69) is 249 Å². The first-order valence-corrected chi connectivity index (χ1v) is 21.8. The molecule has 2 aliphatic carbocycles. The van der Waals surface area contributed by atoms with Gasteiger partial charge >= 0.3 is 0 Å². The van der Waals surface area contributed by atoms with Crippen LogP contribution in [0.2, 0.25) is 0 Å². The Balaban J connectivity index is 0.937. The summed E-state index contributed by atoms with van der Waals surface area (Å²) in [6.07, 6.45) is 5.79. The lowest BCUT2D eigenvalue weighted by Gasteiger charge is -2.32. The maximum absolute atomic E-state index is 2.47. The second-order valence-electron chi connectivity index (χ2n) is 17.4. The van der Waals surface area contributed by atoms with Gasteiger partial charge in [0.25, 0.3) is 0 Å². The highest BCUT2D eigenvalue weighted by atomic mass is 15.1. The lowest BCUT2D eigenvalue weighted by Crippen LogP contribution is -2.25. The molecule has 0 amide bonds. The van der Waals surface area contributed by atoms with Crippen molar-refractivity contribution in [3.63, 3.8) is 0 Å². The number of anilines is 3. The molecule has 9 aromatic rings. The SMILES string of the molecule is CC1(C)c2cc(N(c3ccc(-c4ccc(-c5ccccc5)cc4)cc3)c3ccc(-c4ccc(-c5ccccc5)cc4)cc3)ccc2C2=CC=C(c3ccc4ccccc4c3)CC21. The zero-order valence-electron chi connectivity index (χ0n) is 35.2. The van der Waals surface area contributed by atoms with Crippen molar-refractivity contribution in [1.29, 1.82) is 0 Å². The number of fused-ring (bicyclic) bond motifs is 4. The van der Waals surface area contributed by atoms with Gasteiger partial charge in [-0.1, -0.05) is 202 Å². The lowest BCUT2D eigenvalue weighted by atomic mass is 9.72. The van der Waals surface area contributed by atoms with Gasteiger partial charge in [-0.15, -0.1) is 0 Å². The van der Waals surface area contributed by atoms with Gasteiger partial charge in [-0.3, -0.25) is 0 Å². The fourth-order valence-corrected chi connectivity index (χ4v) is 9.90. The van der Waals surface area contributed by atoms with Gasteiger partial charge < -0.3 is 4.90 Å². The molecule has 0 spiro atoms. The summed E-state index contributed by atoms with van der Waals surface area (Å²) in [6, 6.07) is 79.9. The zero-order valence-corrected chi connectivity index (χ0v) is 35.2. The van der Waals surface area contributed by atoms with E-state index in [1.165, 1.54) is 88.8 Å². The molecule has 9 aromatic carbocycles. The topological polar surface area (TPSA) is 3.24 Å². The third-order valence-electron chi connectivity index (χ3n) is 13.4. The summed E-state index contributed by atoms with van der Waals surface area (Å²) < 4.78 is 0. The molecule has 0 fully saturated rings. The van der Waals surface area contributed by atoms with Crippen LogP contribution in [0.1, 0.15) is 37.0 Å². The lowest BCUT2D eigenvalue weighted by molar-refractivity contribution is 0.418. The van der Waals surface area contributed by atoms with Gasteiger partial charge in [0, 0.05) is 17.1 Å². The molecular formula is C61H47N. The van der Waals surface area contributed by atoms with Gasteiger partial charge in [-0.2, -0.15) is 0 Å². The Morgan fingerprint density at radius 3 is 1.31 bits per heavy atom. The van der Waals surface area contributed by atoms with Crippen molar-refractivity contribution in [3.8, 4) is 44.5 Å². The number of rotatable bonds is 8. The fourth-order valence-electron chi connectivity index (χ4n) is 9.90. The molecule has 1 nitrogen and oxygen atoms in total. The van der Waals surface area contributed by atoms with E-state index in [0.29, 0.717) is 5.92 Å². The molecule has 0 aromatic heterocycles. The largest absolute Gasteiger partial charge is 0.310 e. The maximum atomic E-state index is 2.47. The van der Waals surface area contributed by atoms with E-state index in [-0.39, 0.29) is 5.41 Å². The van der Waals surface area contributed by atoms with Gasteiger partial charge in [0.1, 0.15) is 0 Å². The first kappa shape index (κ1) is 37.5. The average molecular weight is 794 g/mol. The van der Waals surface area contributed by atoms with Gasteiger partial charge in [0.05, 0.1) is 0 Å². The smallest absolute Gasteiger partial charge is 0.0464 e. The predicted molar refractivity (Wildman–Crippen MR) is 264 cm³/mol. The molecule has 0 bridgehead atoms. The van der Waals surface area contributed by atoms with Crippen LogP contribution in [0.5, 0.6) is 0 Å². The summed E-state index contributed by atoms with van der Waals surface area (Å²) in [7, 11) is 0. The van der Waals surface area contributed by atoms with Crippen molar-refractivity contribution in [1.82, 2.24) is 0 Å². The van der Waals surface area contributed by atoms with Gasteiger partial charge in [0.2, 0.25) is 0 Å². The third-order valence-corrected chi connectivity index (χ3v) is 13.4. The second kappa shape index (κ2) is 15.5. The monoisotopic (exact) mass is 793 g/mol. The minimum Gasteiger partial charge on any atom is -0.310 e. The van der Waals surface area contributed by atoms with Crippen LogP contribution in [-0.2, 0) is 5.41 Å². The molecule has 1 heteroatoms. The average Bonchev–Trinajstić information content (AvgIpc) is 3.57. The van der Waals surface area contributed by atoms with Gasteiger partial charge in [-0.05, 0) is 143 Å². The third kappa shape index (κ3) is 6.86. The van der Waals surface area contributed by atoms with Crippen LogP contribution < -0.4 is 4.90 Å². The Bertz CT molecular complexity index is 2990. The molecule has 0 N–H and O–H groups in total. The summed E-state index contributed by atoms with van der Waals surface area (Å²) in [5, 5.41) is 2.58. The van der Waals surface area contributed by atoms with Crippen molar-refractivity contribution in [3.05, 3.63) is 247 Å². The van der Waals surface area contributed by atoms with Gasteiger partial charge in [-0.25, -0.2) is 0 Å². The minimum absolute atomic E-state index is 0.0508. The van der Waals surface area contributed by atoms with Crippen molar-refractivity contribution < 1.29 is 0 Å². The second-order valence-corrected chi connectivity index (χ2v) is 17.4. The highest BCUT2D eigenvalue weighted by Gasteiger charge is 2.44. The molecule has 0 radical (unpaired) electrons. The van der Waals surface area contributed by atoms with E-state index >= 15 is 0 Å². The summed E-state index contributed by atoms with van der Waals surface area (Å²) in [4.78, 5) is 2.43. The molecule has 62 heavy (non-hydrogen) atoms. The standard InChI is InChI=1S/C61H47N/c1-61(2)59-40-53(52-26-25-44-15-9-10-16-51(44)39-52)31-37-57(59)58-38-36-56(41-60(58)61)62(54-32-27-49(28-33-54)47-21-17-45(18-22-47)42-11-5-3-6-12-42)55-34-29-50(30-35-55)48-23-19-46(20-24-48)43-13-7-4-8-14-43/h3-39,41,59H,40H2,1-2H3. The minimum atomic E-state index is -0.0508. The Hall–Kier alpha value is -7.48.